The number of rotatable bonds is 6. The zero-order chi connectivity index (χ0) is 16.8. The van der Waals surface area contributed by atoms with Crippen LogP contribution in [0.4, 0.5) is 0 Å². The number of oxime groups is 1. The van der Waals surface area contributed by atoms with Crippen molar-refractivity contribution in [2.45, 2.75) is 26.8 Å². The van der Waals surface area contributed by atoms with Gasteiger partial charge in [-0.25, -0.2) is 0 Å². The van der Waals surface area contributed by atoms with Gasteiger partial charge in [-0.3, -0.25) is 0 Å². The summed E-state index contributed by atoms with van der Waals surface area (Å²) in [6.45, 7) is 5.01. The van der Waals surface area contributed by atoms with Crippen molar-refractivity contribution in [3.05, 3.63) is 59.7 Å². The molecule has 0 radical (unpaired) electrons. The van der Waals surface area contributed by atoms with E-state index in [1.807, 2.05) is 13.8 Å². The molecule has 122 valence electrons. The smallest absolute Gasteiger partial charge is 0.0639 e. The fourth-order valence-electron chi connectivity index (χ4n) is 2.65. The summed E-state index contributed by atoms with van der Waals surface area (Å²) in [7, 11) is 4.17. The molecule has 0 spiro atoms. The van der Waals surface area contributed by atoms with Crippen LogP contribution >= 0.6 is 0 Å². The van der Waals surface area contributed by atoms with E-state index < -0.39 is 0 Å². The van der Waals surface area contributed by atoms with Crippen LogP contribution in [0.15, 0.2) is 53.7 Å². The van der Waals surface area contributed by atoms with Crippen LogP contribution in [0.5, 0.6) is 0 Å². The van der Waals surface area contributed by atoms with Crippen molar-refractivity contribution in [3.63, 3.8) is 0 Å². The minimum Gasteiger partial charge on any atom is -0.411 e. The van der Waals surface area contributed by atoms with Crippen LogP contribution in [-0.2, 0) is 13.0 Å². The van der Waals surface area contributed by atoms with Gasteiger partial charge in [0.15, 0.2) is 0 Å². The average Bonchev–Trinajstić information content (AvgIpc) is 2.53. The van der Waals surface area contributed by atoms with E-state index in [2.05, 4.69) is 72.7 Å². The molecule has 0 bridgehead atoms. The largest absolute Gasteiger partial charge is 0.411 e. The number of hydrogen-bond acceptors (Lipinski definition) is 3. The first kappa shape index (κ1) is 17.2. The molecule has 0 saturated heterocycles. The van der Waals surface area contributed by atoms with E-state index in [1.165, 1.54) is 22.3 Å². The zero-order valence-corrected chi connectivity index (χ0v) is 14.5. The third-order valence-corrected chi connectivity index (χ3v) is 3.95. The molecule has 23 heavy (non-hydrogen) atoms. The molecule has 0 heterocycles. The molecule has 3 nitrogen and oxygen atoms in total. The van der Waals surface area contributed by atoms with E-state index in [0.717, 1.165) is 12.3 Å². The molecule has 0 aliphatic heterocycles. The van der Waals surface area contributed by atoms with Gasteiger partial charge in [-0.2, -0.15) is 0 Å². The monoisotopic (exact) mass is 310 g/mol. The quantitative estimate of drug-likeness (QED) is 0.486. The van der Waals surface area contributed by atoms with Crippen molar-refractivity contribution in [3.8, 4) is 11.1 Å². The standard InChI is InChI=1S/C20H26N2O/c1-15(2)20(21-23)13-16-9-11-17(12-10-16)19-8-6-5-7-18(19)14-22(3)4/h5-12,15,23H,13-14H2,1-4H3/b21-20-. The second-order valence-electron chi connectivity index (χ2n) is 6.51. The van der Waals surface area contributed by atoms with E-state index in [-0.39, 0.29) is 5.92 Å². The van der Waals surface area contributed by atoms with Gasteiger partial charge in [-0.05, 0) is 42.3 Å². The summed E-state index contributed by atoms with van der Waals surface area (Å²) in [5, 5.41) is 12.5. The van der Waals surface area contributed by atoms with Gasteiger partial charge in [-0.1, -0.05) is 67.5 Å². The second kappa shape index (κ2) is 7.93. The fourth-order valence-corrected chi connectivity index (χ4v) is 2.65. The Hall–Kier alpha value is -2.13. The summed E-state index contributed by atoms with van der Waals surface area (Å²) in [6, 6.07) is 17.1. The highest BCUT2D eigenvalue weighted by Crippen LogP contribution is 2.25. The van der Waals surface area contributed by atoms with Crippen LogP contribution in [0, 0.1) is 5.92 Å². The van der Waals surface area contributed by atoms with Gasteiger partial charge in [-0.15, -0.1) is 0 Å². The van der Waals surface area contributed by atoms with Gasteiger partial charge in [0.2, 0.25) is 0 Å². The average molecular weight is 310 g/mol. The maximum atomic E-state index is 9.09. The first-order valence-electron chi connectivity index (χ1n) is 8.04. The van der Waals surface area contributed by atoms with Crippen LogP contribution in [0.3, 0.4) is 0 Å². The van der Waals surface area contributed by atoms with Crippen LogP contribution in [-0.4, -0.2) is 29.9 Å². The Kier molecular flexibility index (Phi) is 5.94. The second-order valence-corrected chi connectivity index (χ2v) is 6.51. The molecule has 0 aliphatic carbocycles. The molecule has 0 saturated carbocycles. The maximum Gasteiger partial charge on any atom is 0.0639 e. The fraction of sp³-hybridized carbons (Fsp3) is 0.350. The van der Waals surface area contributed by atoms with E-state index in [4.69, 9.17) is 5.21 Å². The molecular weight excluding hydrogens is 284 g/mol. The van der Waals surface area contributed by atoms with Crippen LogP contribution in [0.25, 0.3) is 11.1 Å². The summed E-state index contributed by atoms with van der Waals surface area (Å²) in [6.07, 6.45) is 0.688. The lowest BCUT2D eigenvalue weighted by atomic mass is 9.96. The SMILES string of the molecule is CC(C)/C(Cc1ccc(-c2ccccc2CN(C)C)cc1)=N\O. The Morgan fingerprint density at radius 2 is 1.70 bits per heavy atom. The highest BCUT2D eigenvalue weighted by molar-refractivity contribution is 5.87. The Balaban J connectivity index is 2.23. The van der Waals surface area contributed by atoms with Crippen molar-refractivity contribution in [2.24, 2.45) is 11.1 Å². The molecule has 1 N–H and O–H groups in total. The Morgan fingerprint density at radius 3 is 2.26 bits per heavy atom. The normalized spacial score (nSPS) is 12.2. The van der Waals surface area contributed by atoms with E-state index in [0.29, 0.717) is 6.42 Å². The van der Waals surface area contributed by atoms with Crippen molar-refractivity contribution < 1.29 is 5.21 Å². The summed E-state index contributed by atoms with van der Waals surface area (Å²) < 4.78 is 0. The van der Waals surface area contributed by atoms with Gasteiger partial charge in [0.05, 0.1) is 5.71 Å². The van der Waals surface area contributed by atoms with Gasteiger partial charge in [0.1, 0.15) is 0 Å². The van der Waals surface area contributed by atoms with Crippen molar-refractivity contribution in [2.75, 3.05) is 14.1 Å². The van der Waals surface area contributed by atoms with Gasteiger partial charge in [0, 0.05) is 13.0 Å². The van der Waals surface area contributed by atoms with E-state index >= 15 is 0 Å². The van der Waals surface area contributed by atoms with Gasteiger partial charge >= 0.3 is 0 Å². The predicted molar refractivity (Wildman–Crippen MR) is 97.0 cm³/mol. The maximum absolute atomic E-state index is 9.09. The van der Waals surface area contributed by atoms with Crippen molar-refractivity contribution in [1.29, 1.82) is 0 Å². The Bertz CT molecular complexity index is 658. The van der Waals surface area contributed by atoms with Gasteiger partial charge < -0.3 is 10.1 Å². The lowest BCUT2D eigenvalue weighted by Crippen LogP contribution is -2.11. The lowest BCUT2D eigenvalue weighted by Gasteiger charge is -2.15. The molecule has 0 aromatic heterocycles. The third kappa shape index (κ3) is 4.67. The van der Waals surface area contributed by atoms with Gasteiger partial charge in [0.25, 0.3) is 0 Å². The molecule has 2 aromatic rings. The third-order valence-electron chi connectivity index (χ3n) is 3.95. The number of hydrogen-bond donors (Lipinski definition) is 1. The molecule has 2 aromatic carbocycles. The van der Waals surface area contributed by atoms with Crippen LogP contribution < -0.4 is 0 Å². The van der Waals surface area contributed by atoms with Crippen LogP contribution in [0.1, 0.15) is 25.0 Å². The molecule has 0 fully saturated rings. The summed E-state index contributed by atoms with van der Waals surface area (Å²) in [5.74, 6) is 0.250. The number of nitrogens with zero attached hydrogens (tertiary/aromatic N) is 2. The number of benzene rings is 2. The van der Waals surface area contributed by atoms with E-state index in [9.17, 15) is 0 Å². The van der Waals surface area contributed by atoms with E-state index in [1.54, 1.807) is 0 Å². The first-order chi connectivity index (χ1) is 11.0. The zero-order valence-electron chi connectivity index (χ0n) is 14.5. The minimum atomic E-state index is 0.250. The van der Waals surface area contributed by atoms with Crippen LogP contribution in [0.2, 0.25) is 0 Å². The highest BCUT2D eigenvalue weighted by Gasteiger charge is 2.09. The predicted octanol–water partition coefficient (Wildman–Crippen LogP) is 4.44. The minimum absolute atomic E-state index is 0.250. The molecule has 0 unspecified atom stereocenters. The Labute approximate surface area is 139 Å². The molecule has 0 atom stereocenters. The summed E-state index contributed by atoms with van der Waals surface area (Å²) >= 11 is 0. The van der Waals surface area contributed by atoms with Crippen molar-refractivity contribution in [1.82, 2.24) is 4.90 Å². The first-order valence-corrected chi connectivity index (χ1v) is 8.04. The highest BCUT2D eigenvalue weighted by atomic mass is 16.4. The lowest BCUT2D eigenvalue weighted by molar-refractivity contribution is 0.314. The Morgan fingerprint density at radius 1 is 1.04 bits per heavy atom. The van der Waals surface area contributed by atoms with Crippen molar-refractivity contribution >= 4 is 5.71 Å². The molecule has 0 aliphatic rings. The molecular formula is C20H26N2O. The summed E-state index contributed by atoms with van der Waals surface area (Å²) in [5.41, 5.74) is 5.79. The topological polar surface area (TPSA) is 35.8 Å². The molecule has 0 amide bonds. The molecule has 2 rings (SSSR count). The molecule has 3 heteroatoms. The summed E-state index contributed by atoms with van der Waals surface area (Å²) in [4.78, 5) is 2.18.